The number of imidazole rings is 1. The van der Waals surface area contributed by atoms with Crippen LogP contribution < -0.4 is 5.73 Å². The Morgan fingerprint density at radius 3 is 2.88 bits per heavy atom. The molecule has 0 spiro atoms. The van der Waals surface area contributed by atoms with Crippen molar-refractivity contribution in [1.82, 2.24) is 14.4 Å². The molecule has 0 unspecified atom stereocenters. The fourth-order valence-electron chi connectivity index (χ4n) is 1.98. The van der Waals surface area contributed by atoms with E-state index in [-0.39, 0.29) is 0 Å². The first-order valence-corrected chi connectivity index (χ1v) is 5.17. The molecule has 3 rings (SSSR count). The lowest BCUT2D eigenvalue weighted by Gasteiger charge is -2.03. The highest BCUT2D eigenvalue weighted by Crippen LogP contribution is 2.20. The standard InChI is InChI=1S/C12H12N4/c1-7-3-4-9-10(5-7)16-8(2)12(13)15-11(16)6-14-9/h3-6H,13H2,1-2H3. The van der Waals surface area contributed by atoms with Crippen molar-refractivity contribution >= 4 is 22.5 Å². The minimum Gasteiger partial charge on any atom is -0.382 e. The number of hydrogen-bond donors (Lipinski definition) is 1. The van der Waals surface area contributed by atoms with E-state index in [2.05, 4.69) is 29.0 Å². The molecule has 0 atom stereocenters. The van der Waals surface area contributed by atoms with E-state index >= 15 is 0 Å². The van der Waals surface area contributed by atoms with Gasteiger partial charge in [-0.3, -0.25) is 9.38 Å². The number of nitrogens with two attached hydrogens (primary N) is 1. The van der Waals surface area contributed by atoms with Crippen molar-refractivity contribution in [2.24, 2.45) is 0 Å². The van der Waals surface area contributed by atoms with E-state index in [1.54, 1.807) is 6.20 Å². The van der Waals surface area contributed by atoms with Crippen LogP contribution in [0.3, 0.4) is 0 Å². The summed E-state index contributed by atoms with van der Waals surface area (Å²) in [7, 11) is 0. The van der Waals surface area contributed by atoms with Gasteiger partial charge in [0.25, 0.3) is 0 Å². The van der Waals surface area contributed by atoms with Crippen molar-refractivity contribution in [3.8, 4) is 0 Å². The Labute approximate surface area is 92.7 Å². The highest BCUT2D eigenvalue weighted by molar-refractivity contribution is 5.79. The predicted octanol–water partition coefficient (Wildman–Crippen LogP) is 2.08. The van der Waals surface area contributed by atoms with Crippen LogP contribution in [-0.2, 0) is 0 Å². The van der Waals surface area contributed by atoms with Crippen LogP contribution in [0.2, 0.25) is 0 Å². The number of aryl methyl sites for hydroxylation is 2. The molecule has 0 bridgehead atoms. The average molecular weight is 212 g/mol. The van der Waals surface area contributed by atoms with E-state index in [9.17, 15) is 0 Å². The first kappa shape index (κ1) is 9.15. The molecule has 0 aliphatic rings. The minimum atomic E-state index is 0.566. The average Bonchev–Trinajstić information content (AvgIpc) is 2.55. The maximum Gasteiger partial charge on any atom is 0.158 e. The summed E-state index contributed by atoms with van der Waals surface area (Å²) in [6, 6.07) is 6.17. The Bertz CT molecular complexity index is 697. The van der Waals surface area contributed by atoms with Gasteiger partial charge in [0.2, 0.25) is 0 Å². The van der Waals surface area contributed by atoms with Crippen LogP contribution in [0.25, 0.3) is 16.7 Å². The molecule has 2 N–H and O–H groups in total. The molecule has 80 valence electrons. The molecule has 0 amide bonds. The summed E-state index contributed by atoms with van der Waals surface area (Å²) in [5.74, 6) is 0.566. The Kier molecular flexibility index (Phi) is 1.68. The van der Waals surface area contributed by atoms with Crippen molar-refractivity contribution in [1.29, 1.82) is 0 Å². The monoisotopic (exact) mass is 212 g/mol. The van der Waals surface area contributed by atoms with Gasteiger partial charge in [0.05, 0.1) is 22.9 Å². The fourth-order valence-corrected chi connectivity index (χ4v) is 1.98. The molecule has 0 radical (unpaired) electrons. The van der Waals surface area contributed by atoms with Gasteiger partial charge in [-0.1, -0.05) is 6.07 Å². The smallest absolute Gasteiger partial charge is 0.158 e. The number of nitrogens with zero attached hydrogens (tertiary/aromatic N) is 3. The summed E-state index contributed by atoms with van der Waals surface area (Å²) in [6.07, 6.45) is 1.75. The summed E-state index contributed by atoms with van der Waals surface area (Å²) in [5.41, 5.74) is 10.8. The first-order valence-electron chi connectivity index (χ1n) is 5.17. The lowest BCUT2D eigenvalue weighted by molar-refractivity contribution is 1.14. The zero-order valence-electron chi connectivity index (χ0n) is 9.23. The maximum atomic E-state index is 5.82. The molecular weight excluding hydrogens is 200 g/mol. The summed E-state index contributed by atoms with van der Waals surface area (Å²) < 4.78 is 2.05. The van der Waals surface area contributed by atoms with Crippen LogP contribution >= 0.6 is 0 Å². The van der Waals surface area contributed by atoms with E-state index < -0.39 is 0 Å². The molecule has 3 aromatic rings. The normalized spacial score (nSPS) is 11.4. The van der Waals surface area contributed by atoms with Gasteiger partial charge in [0, 0.05) is 0 Å². The number of anilines is 1. The summed E-state index contributed by atoms with van der Waals surface area (Å²) in [6.45, 7) is 4.03. The van der Waals surface area contributed by atoms with Gasteiger partial charge >= 0.3 is 0 Å². The van der Waals surface area contributed by atoms with Gasteiger partial charge in [-0.05, 0) is 31.5 Å². The number of fused-ring (bicyclic) bond motifs is 3. The van der Waals surface area contributed by atoms with Crippen LogP contribution in [0.15, 0.2) is 24.4 Å². The van der Waals surface area contributed by atoms with Gasteiger partial charge in [-0.25, -0.2) is 4.98 Å². The number of aromatic nitrogens is 3. The van der Waals surface area contributed by atoms with Crippen LogP contribution in [-0.4, -0.2) is 14.4 Å². The van der Waals surface area contributed by atoms with E-state index in [0.717, 1.165) is 22.4 Å². The molecule has 4 nitrogen and oxygen atoms in total. The third kappa shape index (κ3) is 1.10. The third-order valence-electron chi connectivity index (χ3n) is 2.86. The van der Waals surface area contributed by atoms with E-state index in [1.807, 2.05) is 17.4 Å². The van der Waals surface area contributed by atoms with Crippen LogP contribution in [0.5, 0.6) is 0 Å². The SMILES string of the molecule is Cc1ccc2ncc3nc(N)c(C)n3c2c1. The largest absolute Gasteiger partial charge is 0.382 e. The van der Waals surface area contributed by atoms with Gasteiger partial charge in [0.1, 0.15) is 5.82 Å². The van der Waals surface area contributed by atoms with Gasteiger partial charge in [0.15, 0.2) is 5.65 Å². The van der Waals surface area contributed by atoms with Crippen molar-refractivity contribution in [3.63, 3.8) is 0 Å². The first-order chi connectivity index (χ1) is 7.66. The molecule has 16 heavy (non-hydrogen) atoms. The van der Waals surface area contributed by atoms with E-state index in [1.165, 1.54) is 5.56 Å². The van der Waals surface area contributed by atoms with Gasteiger partial charge in [-0.15, -0.1) is 0 Å². The summed E-state index contributed by atoms with van der Waals surface area (Å²) in [5, 5.41) is 0. The van der Waals surface area contributed by atoms with E-state index in [0.29, 0.717) is 5.82 Å². The summed E-state index contributed by atoms with van der Waals surface area (Å²) >= 11 is 0. The Balaban J connectivity index is 2.60. The second-order valence-corrected chi connectivity index (χ2v) is 4.03. The second-order valence-electron chi connectivity index (χ2n) is 4.03. The molecule has 0 saturated heterocycles. The van der Waals surface area contributed by atoms with Gasteiger partial charge < -0.3 is 5.73 Å². The quantitative estimate of drug-likeness (QED) is 0.620. The van der Waals surface area contributed by atoms with Crippen LogP contribution in [0.4, 0.5) is 5.82 Å². The molecule has 2 heterocycles. The third-order valence-corrected chi connectivity index (χ3v) is 2.86. The topological polar surface area (TPSA) is 56.2 Å². The zero-order chi connectivity index (χ0) is 11.3. The van der Waals surface area contributed by atoms with Crippen molar-refractivity contribution in [2.45, 2.75) is 13.8 Å². The number of nitrogen functional groups attached to an aromatic ring is 1. The van der Waals surface area contributed by atoms with Crippen molar-refractivity contribution < 1.29 is 0 Å². The second kappa shape index (κ2) is 2.95. The summed E-state index contributed by atoms with van der Waals surface area (Å²) in [4.78, 5) is 8.64. The highest BCUT2D eigenvalue weighted by atomic mass is 15.1. The lowest BCUT2D eigenvalue weighted by atomic mass is 10.2. The molecule has 1 aromatic carbocycles. The zero-order valence-corrected chi connectivity index (χ0v) is 9.23. The number of benzene rings is 1. The minimum absolute atomic E-state index is 0.566. The molecule has 0 aliphatic heterocycles. The van der Waals surface area contributed by atoms with Gasteiger partial charge in [-0.2, -0.15) is 0 Å². The lowest BCUT2D eigenvalue weighted by Crippen LogP contribution is -1.94. The Morgan fingerprint density at radius 1 is 1.25 bits per heavy atom. The highest BCUT2D eigenvalue weighted by Gasteiger charge is 2.08. The molecule has 4 heteroatoms. The molecule has 2 aromatic heterocycles. The molecule has 0 fully saturated rings. The molecular formula is C12H12N4. The van der Waals surface area contributed by atoms with Crippen molar-refractivity contribution in [3.05, 3.63) is 35.7 Å². The number of hydrogen-bond acceptors (Lipinski definition) is 3. The fraction of sp³-hybridized carbons (Fsp3) is 0.167. The molecule has 0 aliphatic carbocycles. The van der Waals surface area contributed by atoms with E-state index in [4.69, 9.17) is 5.73 Å². The molecule has 0 saturated carbocycles. The van der Waals surface area contributed by atoms with Crippen molar-refractivity contribution in [2.75, 3.05) is 5.73 Å². The van der Waals surface area contributed by atoms with Crippen LogP contribution in [0.1, 0.15) is 11.3 Å². The number of rotatable bonds is 0. The Hall–Kier alpha value is -2.10. The Morgan fingerprint density at radius 2 is 2.06 bits per heavy atom. The predicted molar refractivity (Wildman–Crippen MR) is 64.4 cm³/mol. The van der Waals surface area contributed by atoms with Crippen LogP contribution in [0, 0.1) is 13.8 Å². The maximum absolute atomic E-state index is 5.82.